The van der Waals surface area contributed by atoms with Crippen molar-refractivity contribution in [3.63, 3.8) is 0 Å². The number of hydrogen-bond donors (Lipinski definition) is 1. The van der Waals surface area contributed by atoms with E-state index in [1.165, 1.54) is 32.2 Å². The van der Waals surface area contributed by atoms with Crippen molar-refractivity contribution in [1.29, 1.82) is 0 Å². The van der Waals surface area contributed by atoms with Crippen molar-refractivity contribution >= 4 is 0 Å². The maximum absolute atomic E-state index is 6.21. The molecule has 0 aromatic carbocycles. The van der Waals surface area contributed by atoms with Gasteiger partial charge in [-0.2, -0.15) is 0 Å². The van der Waals surface area contributed by atoms with Gasteiger partial charge >= 0.3 is 0 Å². The van der Waals surface area contributed by atoms with Crippen LogP contribution in [0.1, 0.15) is 58.8 Å². The summed E-state index contributed by atoms with van der Waals surface area (Å²) < 4.78 is 5.86. The summed E-state index contributed by atoms with van der Waals surface area (Å²) in [6, 6.07) is 0.748. The first-order chi connectivity index (χ1) is 8.75. The summed E-state index contributed by atoms with van der Waals surface area (Å²) in [5, 5.41) is 0. The molecule has 2 saturated heterocycles. The molecule has 2 rings (SSSR count). The predicted octanol–water partition coefficient (Wildman–Crippen LogP) is 2.54. The average molecular weight is 254 g/mol. The topological polar surface area (TPSA) is 38.5 Å². The number of nitrogens with zero attached hydrogens (tertiary/aromatic N) is 1. The van der Waals surface area contributed by atoms with Crippen LogP contribution in [0, 0.1) is 0 Å². The fraction of sp³-hybridized carbons (Fsp3) is 1.00. The minimum absolute atomic E-state index is 0.222. The maximum Gasteiger partial charge on any atom is 0.0590 e. The maximum atomic E-state index is 6.21. The van der Waals surface area contributed by atoms with E-state index in [1.807, 2.05) is 0 Å². The number of rotatable bonds is 4. The van der Waals surface area contributed by atoms with Gasteiger partial charge in [-0.1, -0.05) is 20.3 Å². The first-order valence-corrected chi connectivity index (χ1v) is 7.84. The van der Waals surface area contributed by atoms with Crippen LogP contribution >= 0.6 is 0 Å². The van der Waals surface area contributed by atoms with E-state index in [0.29, 0.717) is 6.10 Å². The van der Waals surface area contributed by atoms with E-state index in [4.69, 9.17) is 10.5 Å². The summed E-state index contributed by atoms with van der Waals surface area (Å²) in [5.74, 6) is 0. The van der Waals surface area contributed by atoms with E-state index < -0.39 is 0 Å². The Morgan fingerprint density at radius 1 is 1.28 bits per heavy atom. The average Bonchev–Trinajstić information content (AvgIpc) is 2.47. The number of nitrogens with two attached hydrogens (primary N) is 1. The van der Waals surface area contributed by atoms with E-state index >= 15 is 0 Å². The zero-order valence-corrected chi connectivity index (χ0v) is 12.2. The highest BCUT2D eigenvalue weighted by atomic mass is 16.5. The Morgan fingerprint density at radius 3 is 2.78 bits per heavy atom. The van der Waals surface area contributed by atoms with Crippen LogP contribution in [0.2, 0.25) is 0 Å². The minimum Gasteiger partial charge on any atom is -0.378 e. The van der Waals surface area contributed by atoms with Crippen LogP contribution in [0.25, 0.3) is 0 Å². The van der Waals surface area contributed by atoms with Crippen LogP contribution in [-0.2, 0) is 4.74 Å². The van der Waals surface area contributed by atoms with Crippen molar-refractivity contribution in [3.05, 3.63) is 0 Å². The molecule has 0 radical (unpaired) electrons. The zero-order valence-electron chi connectivity index (χ0n) is 12.2. The lowest BCUT2D eigenvalue weighted by Gasteiger charge is -2.52. The Balaban J connectivity index is 2.13. The Bertz CT molecular complexity index is 259. The van der Waals surface area contributed by atoms with Crippen molar-refractivity contribution in [2.75, 3.05) is 19.7 Å². The monoisotopic (exact) mass is 254 g/mol. The standard InChI is InChI=1S/C15H30N2O/c1-3-13-7-5-6-9-17(13)15(12-16)8-10-18-14(4-2)11-15/h13-14H,3-12,16H2,1-2H3. The molecule has 106 valence electrons. The Hall–Kier alpha value is -0.120. The van der Waals surface area contributed by atoms with Gasteiger partial charge in [0.1, 0.15) is 0 Å². The van der Waals surface area contributed by atoms with Gasteiger partial charge in [0.15, 0.2) is 0 Å². The molecule has 3 nitrogen and oxygen atoms in total. The quantitative estimate of drug-likeness (QED) is 0.838. The first-order valence-electron chi connectivity index (χ1n) is 7.84. The zero-order chi connectivity index (χ0) is 13.0. The second-order valence-electron chi connectivity index (χ2n) is 6.03. The van der Waals surface area contributed by atoms with E-state index in [0.717, 1.165) is 38.5 Å². The van der Waals surface area contributed by atoms with Gasteiger partial charge in [-0.3, -0.25) is 4.90 Å². The fourth-order valence-corrected chi connectivity index (χ4v) is 3.88. The van der Waals surface area contributed by atoms with E-state index in [2.05, 4.69) is 18.7 Å². The lowest BCUT2D eigenvalue weighted by molar-refractivity contribution is -0.0923. The van der Waals surface area contributed by atoms with Crippen molar-refractivity contribution in [1.82, 2.24) is 4.90 Å². The number of piperidine rings is 1. The largest absolute Gasteiger partial charge is 0.378 e. The van der Waals surface area contributed by atoms with Gasteiger partial charge in [0, 0.05) is 24.7 Å². The minimum atomic E-state index is 0.222. The van der Waals surface area contributed by atoms with E-state index in [1.54, 1.807) is 0 Å². The number of ether oxygens (including phenoxy) is 1. The predicted molar refractivity (Wildman–Crippen MR) is 75.7 cm³/mol. The molecule has 2 N–H and O–H groups in total. The van der Waals surface area contributed by atoms with Crippen LogP contribution in [0.5, 0.6) is 0 Å². The molecule has 0 saturated carbocycles. The van der Waals surface area contributed by atoms with Gasteiger partial charge in [-0.05, 0) is 45.1 Å². The highest BCUT2D eigenvalue weighted by Crippen LogP contribution is 2.36. The molecule has 0 amide bonds. The Labute approximate surface area is 112 Å². The molecule has 2 fully saturated rings. The molecule has 3 heteroatoms. The van der Waals surface area contributed by atoms with E-state index in [-0.39, 0.29) is 5.54 Å². The smallest absolute Gasteiger partial charge is 0.0590 e. The summed E-state index contributed by atoms with van der Waals surface area (Å²) in [5.41, 5.74) is 6.43. The lowest BCUT2D eigenvalue weighted by atomic mass is 9.80. The third kappa shape index (κ3) is 2.73. The SMILES string of the molecule is CCC1CC(CN)(N2CCCCC2CC)CCO1. The highest BCUT2D eigenvalue weighted by Gasteiger charge is 2.43. The van der Waals surface area contributed by atoms with E-state index in [9.17, 15) is 0 Å². The van der Waals surface area contributed by atoms with Crippen LogP contribution in [0.15, 0.2) is 0 Å². The van der Waals surface area contributed by atoms with Gasteiger partial charge in [0.2, 0.25) is 0 Å². The molecule has 0 bridgehead atoms. The van der Waals surface area contributed by atoms with Crippen LogP contribution in [-0.4, -0.2) is 42.3 Å². The molecule has 3 atom stereocenters. The van der Waals surface area contributed by atoms with Crippen LogP contribution in [0.4, 0.5) is 0 Å². The molecule has 2 heterocycles. The number of hydrogen-bond acceptors (Lipinski definition) is 3. The molecule has 3 unspecified atom stereocenters. The second-order valence-corrected chi connectivity index (χ2v) is 6.03. The van der Waals surface area contributed by atoms with Gasteiger partial charge in [-0.25, -0.2) is 0 Å². The molecule has 0 spiro atoms. The van der Waals surface area contributed by atoms with Crippen LogP contribution in [0.3, 0.4) is 0 Å². The first kappa shape index (κ1) is 14.3. The molecule has 0 aromatic heterocycles. The Morgan fingerprint density at radius 2 is 2.11 bits per heavy atom. The molecular weight excluding hydrogens is 224 g/mol. The summed E-state index contributed by atoms with van der Waals surface area (Å²) in [6.07, 6.45) is 9.15. The third-order valence-electron chi connectivity index (χ3n) is 5.07. The molecule has 0 aromatic rings. The van der Waals surface area contributed by atoms with Crippen molar-refractivity contribution in [3.8, 4) is 0 Å². The van der Waals surface area contributed by atoms with Gasteiger partial charge in [0.25, 0.3) is 0 Å². The summed E-state index contributed by atoms with van der Waals surface area (Å²) in [6.45, 7) is 7.48. The van der Waals surface area contributed by atoms with Crippen molar-refractivity contribution < 1.29 is 4.74 Å². The third-order valence-corrected chi connectivity index (χ3v) is 5.07. The molecule has 2 aliphatic rings. The fourth-order valence-electron chi connectivity index (χ4n) is 3.88. The highest BCUT2D eigenvalue weighted by molar-refractivity contribution is 4.99. The summed E-state index contributed by atoms with van der Waals surface area (Å²) >= 11 is 0. The lowest BCUT2D eigenvalue weighted by Crippen LogP contribution is -2.62. The van der Waals surface area contributed by atoms with Crippen LogP contribution < -0.4 is 5.73 Å². The van der Waals surface area contributed by atoms with Crippen molar-refractivity contribution in [2.45, 2.75) is 76.5 Å². The molecule has 18 heavy (non-hydrogen) atoms. The van der Waals surface area contributed by atoms with Gasteiger partial charge in [-0.15, -0.1) is 0 Å². The molecular formula is C15H30N2O. The molecule has 2 aliphatic heterocycles. The Kier molecular flexibility index (Phi) is 5.05. The van der Waals surface area contributed by atoms with Gasteiger partial charge < -0.3 is 10.5 Å². The molecule has 0 aliphatic carbocycles. The normalized spacial score (nSPS) is 38.8. The van der Waals surface area contributed by atoms with Crippen molar-refractivity contribution in [2.24, 2.45) is 5.73 Å². The second kappa shape index (κ2) is 6.36. The number of likely N-dealkylation sites (tertiary alicyclic amines) is 1. The summed E-state index contributed by atoms with van der Waals surface area (Å²) in [7, 11) is 0. The summed E-state index contributed by atoms with van der Waals surface area (Å²) in [4.78, 5) is 2.75. The van der Waals surface area contributed by atoms with Gasteiger partial charge in [0.05, 0.1) is 6.10 Å².